The molecule has 0 aliphatic rings. The highest BCUT2D eigenvalue weighted by Gasteiger charge is 2.02. The van der Waals surface area contributed by atoms with Gasteiger partial charge < -0.3 is 9.47 Å². The summed E-state index contributed by atoms with van der Waals surface area (Å²) in [5.74, 6) is 0.856. The second kappa shape index (κ2) is 19.2. The van der Waals surface area contributed by atoms with Gasteiger partial charge in [-0.2, -0.15) is 0 Å². The quantitative estimate of drug-likeness (QED) is 0.144. The van der Waals surface area contributed by atoms with Crippen LogP contribution in [0.2, 0.25) is 0 Å². The molecule has 0 atom stereocenters. The number of hydrogen-bond donors (Lipinski definition) is 0. The lowest BCUT2D eigenvalue weighted by Gasteiger charge is -2.07. The van der Waals surface area contributed by atoms with E-state index in [-0.39, 0.29) is 0 Å². The lowest BCUT2D eigenvalue weighted by atomic mass is 10.0. The minimum absolute atomic E-state index is 0.755. The van der Waals surface area contributed by atoms with Crippen molar-refractivity contribution in [2.45, 2.75) is 97.3 Å². The minimum atomic E-state index is 0.755. The van der Waals surface area contributed by atoms with Crippen molar-refractivity contribution in [2.24, 2.45) is 0 Å². The van der Waals surface area contributed by atoms with E-state index in [4.69, 9.17) is 9.47 Å². The number of hydrogen-bond acceptors (Lipinski definition) is 3. The molecule has 2 rings (SSSR count). The summed E-state index contributed by atoms with van der Waals surface area (Å²) >= 11 is 0. The van der Waals surface area contributed by atoms with Crippen LogP contribution >= 0.6 is 0 Å². The van der Waals surface area contributed by atoms with E-state index in [9.17, 15) is 0 Å². The zero-order chi connectivity index (χ0) is 24.1. The first-order valence-corrected chi connectivity index (χ1v) is 13.7. The van der Waals surface area contributed by atoms with Gasteiger partial charge in [0.15, 0.2) is 0 Å². The first-order valence-electron chi connectivity index (χ1n) is 13.7. The number of ether oxygens (including phenoxy) is 2. The molecule has 0 fully saturated rings. The van der Waals surface area contributed by atoms with Gasteiger partial charge in [0, 0.05) is 18.8 Å². The summed E-state index contributed by atoms with van der Waals surface area (Å²) in [4.78, 5) is 4.61. The van der Waals surface area contributed by atoms with Crippen molar-refractivity contribution in [3.8, 4) is 17.0 Å². The molecule has 3 heteroatoms. The number of rotatable bonds is 20. The Balaban J connectivity index is 1.58. The van der Waals surface area contributed by atoms with E-state index in [1.54, 1.807) is 0 Å². The second-order valence-corrected chi connectivity index (χ2v) is 9.16. The molecule has 1 aromatic carbocycles. The monoisotopic (exact) mass is 465 g/mol. The average molecular weight is 466 g/mol. The molecule has 1 heterocycles. The van der Waals surface area contributed by atoms with Gasteiger partial charge in [-0.1, -0.05) is 75.9 Å². The third-order valence-corrected chi connectivity index (χ3v) is 6.01. The van der Waals surface area contributed by atoms with Crippen LogP contribution in [0.3, 0.4) is 0 Å². The van der Waals surface area contributed by atoms with Gasteiger partial charge in [-0.15, -0.1) is 0 Å². The summed E-state index contributed by atoms with van der Waals surface area (Å²) in [6.07, 6.45) is 22.4. The van der Waals surface area contributed by atoms with Crippen molar-refractivity contribution in [1.29, 1.82) is 0 Å². The molecule has 188 valence electrons. The van der Waals surface area contributed by atoms with Crippen molar-refractivity contribution in [2.75, 3.05) is 19.8 Å². The average Bonchev–Trinajstić information content (AvgIpc) is 2.87. The zero-order valence-corrected chi connectivity index (χ0v) is 21.8. The summed E-state index contributed by atoms with van der Waals surface area (Å²) in [6.45, 7) is 6.95. The summed E-state index contributed by atoms with van der Waals surface area (Å²) in [5, 5.41) is 0. The number of unbranched alkanes of at least 4 members (excludes halogenated alkanes) is 8. The highest BCUT2D eigenvalue weighted by atomic mass is 16.5. The molecule has 0 amide bonds. The normalized spacial score (nSPS) is 11.4. The Bertz CT molecular complexity index is 752. The van der Waals surface area contributed by atoms with E-state index < -0.39 is 0 Å². The fourth-order valence-electron chi connectivity index (χ4n) is 3.91. The van der Waals surface area contributed by atoms with E-state index in [0.717, 1.165) is 68.9 Å². The van der Waals surface area contributed by atoms with Gasteiger partial charge in [-0.05, 0) is 75.5 Å². The molecule has 34 heavy (non-hydrogen) atoms. The number of aryl methyl sites for hydroxylation is 1. The van der Waals surface area contributed by atoms with Crippen molar-refractivity contribution < 1.29 is 9.47 Å². The van der Waals surface area contributed by atoms with Gasteiger partial charge in [-0.25, -0.2) is 0 Å². The van der Waals surface area contributed by atoms with Gasteiger partial charge in [-0.3, -0.25) is 4.98 Å². The predicted octanol–water partition coefficient (Wildman–Crippen LogP) is 8.96. The molecular weight excluding hydrogens is 418 g/mol. The Morgan fingerprint density at radius 1 is 0.676 bits per heavy atom. The number of nitrogens with zero attached hydrogens (tertiary/aromatic N) is 1. The van der Waals surface area contributed by atoms with Gasteiger partial charge in [0.25, 0.3) is 0 Å². The molecule has 0 bridgehead atoms. The van der Waals surface area contributed by atoms with E-state index in [0.29, 0.717) is 0 Å². The first kappa shape index (κ1) is 28.1. The summed E-state index contributed by atoms with van der Waals surface area (Å²) in [5.41, 5.74) is 3.55. The lowest BCUT2D eigenvalue weighted by molar-refractivity contribution is 0.130. The van der Waals surface area contributed by atoms with Gasteiger partial charge in [0.05, 0.1) is 18.5 Å². The predicted molar refractivity (Wildman–Crippen MR) is 146 cm³/mol. The van der Waals surface area contributed by atoms with Gasteiger partial charge in [0.1, 0.15) is 5.75 Å². The van der Waals surface area contributed by atoms with Crippen LogP contribution in [-0.2, 0) is 11.2 Å². The van der Waals surface area contributed by atoms with E-state index >= 15 is 0 Å². The van der Waals surface area contributed by atoms with Gasteiger partial charge in [0.2, 0.25) is 0 Å². The maximum atomic E-state index is 5.88. The Labute approximate surface area is 209 Å². The smallest absolute Gasteiger partial charge is 0.137 e. The summed E-state index contributed by atoms with van der Waals surface area (Å²) < 4.78 is 11.4. The van der Waals surface area contributed by atoms with Crippen LogP contribution in [0.15, 0.2) is 54.7 Å². The number of benzene rings is 1. The van der Waals surface area contributed by atoms with Crippen LogP contribution in [0.4, 0.5) is 0 Å². The number of allylic oxidation sites excluding steroid dienone is 2. The highest BCUT2D eigenvalue weighted by Crippen LogP contribution is 2.21. The molecule has 0 radical (unpaired) electrons. The number of aromatic nitrogens is 1. The second-order valence-electron chi connectivity index (χ2n) is 9.16. The largest absolute Gasteiger partial charge is 0.492 e. The topological polar surface area (TPSA) is 31.4 Å². The summed E-state index contributed by atoms with van der Waals surface area (Å²) in [6, 6.07) is 12.9. The van der Waals surface area contributed by atoms with Gasteiger partial charge >= 0.3 is 0 Å². The fraction of sp³-hybridized carbons (Fsp3) is 0.581. The Morgan fingerprint density at radius 3 is 2.12 bits per heavy atom. The highest BCUT2D eigenvalue weighted by molar-refractivity contribution is 5.59. The van der Waals surface area contributed by atoms with E-state index in [1.807, 2.05) is 12.3 Å². The van der Waals surface area contributed by atoms with Crippen LogP contribution in [0.5, 0.6) is 5.75 Å². The molecule has 0 aliphatic heterocycles. The van der Waals surface area contributed by atoms with Crippen molar-refractivity contribution in [3.05, 3.63) is 60.3 Å². The molecule has 0 unspecified atom stereocenters. The maximum absolute atomic E-state index is 5.88. The molecule has 2 aromatic rings. The van der Waals surface area contributed by atoms with E-state index in [2.05, 4.69) is 61.3 Å². The van der Waals surface area contributed by atoms with Crippen LogP contribution in [0, 0.1) is 0 Å². The van der Waals surface area contributed by atoms with Crippen LogP contribution in [-0.4, -0.2) is 24.8 Å². The van der Waals surface area contributed by atoms with Crippen molar-refractivity contribution >= 4 is 0 Å². The Kier molecular flexibility index (Phi) is 15.9. The lowest BCUT2D eigenvalue weighted by Crippen LogP contribution is -1.97. The maximum Gasteiger partial charge on any atom is 0.137 e. The third kappa shape index (κ3) is 12.9. The third-order valence-electron chi connectivity index (χ3n) is 6.01. The Hall–Kier alpha value is -2.13. The van der Waals surface area contributed by atoms with Crippen molar-refractivity contribution in [3.63, 3.8) is 0 Å². The molecule has 0 saturated heterocycles. The molecule has 0 N–H and O–H groups in total. The molecule has 0 saturated carbocycles. The summed E-state index contributed by atoms with van der Waals surface area (Å²) in [7, 11) is 0. The standard InChI is InChI=1S/C31H47NO2/c1-3-5-6-7-8-9-10-11-12-16-26-34-30-22-23-31(32-27-30)29-20-18-28(19-21-29)17-14-13-15-25-33-24-4-2/h9-10,18-23,27H,3-8,11-17,24-26H2,1-2H3/b10-9-. The first-order chi connectivity index (χ1) is 16.8. The molecule has 0 spiro atoms. The SMILES string of the molecule is CCCCCC/C=C\CCCCOc1ccc(-c2ccc(CCCCCOCCC)cc2)nc1. The van der Waals surface area contributed by atoms with Crippen LogP contribution in [0.25, 0.3) is 11.3 Å². The van der Waals surface area contributed by atoms with E-state index in [1.165, 1.54) is 56.9 Å². The Morgan fingerprint density at radius 2 is 1.41 bits per heavy atom. The zero-order valence-electron chi connectivity index (χ0n) is 21.8. The number of pyridine rings is 1. The molecule has 1 aromatic heterocycles. The van der Waals surface area contributed by atoms with Crippen LogP contribution in [0.1, 0.15) is 96.5 Å². The minimum Gasteiger partial charge on any atom is -0.492 e. The van der Waals surface area contributed by atoms with Crippen molar-refractivity contribution in [1.82, 2.24) is 4.98 Å². The molecular formula is C31H47NO2. The fourth-order valence-corrected chi connectivity index (χ4v) is 3.91. The molecule has 0 aliphatic carbocycles. The van der Waals surface area contributed by atoms with Crippen LogP contribution < -0.4 is 4.74 Å². The molecule has 3 nitrogen and oxygen atoms in total.